The van der Waals surface area contributed by atoms with Crippen LogP contribution in [0.25, 0.3) is 10.8 Å². The fourth-order valence-electron chi connectivity index (χ4n) is 7.27. The van der Waals surface area contributed by atoms with E-state index in [9.17, 15) is 52.7 Å². The Morgan fingerprint density at radius 2 is 0.625 bits per heavy atom. The molecule has 7 rings (SSSR count). The van der Waals surface area contributed by atoms with Crippen molar-refractivity contribution in [2.24, 2.45) is 0 Å². The normalized spacial score (nSPS) is 11.6. The number of benzene rings is 6. The zero-order valence-electron chi connectivity index (χ0n) is 30.7. The lowest BCUT2D eigenvalue weighted by Gasteiger charge is -2.44. The molecular formula is C41H15BClF20N. The van der Waals surface area contributed by atoms with Crippen molar-refractivity contribution >= 4 is 50.4 Å². The fraction of sp³-hybridized carbons (Fsp3) is 0.0488. The quantitative estimate of drug-likeness (QED) is 0.0375. The summed E-state index contributed by atoms with van der Waals surface area (Å²) in [4.78, 5) is 0. The van der Waals surface area contributed by atoms with Crippen LogP contribution in [0.3, 0.4) is 0 Å². The van der Waals surface area contributed by atoms with Gasteiger partial charge < -0.3 is 0 Å². The van der Waals surface area contributed by atoms with E-state index in [0.29, 0.717) is 5.88 Å². The van der Waals surface area contributed by atoms with Gasteiger partial charge >= 0.3 is 0 Å². The molecule has 1 heterocycles. The summed E-state index contributed by atoms with van der Waals surface area (Å²) in [6, 6.07) is 21.0. The van der Waals surface area contributed by atoms with Crippen molar-refractivity contribution in [2.45, 2.75) is 12.4 Å². The van der Waals surface area contributed by atoms with Gasteiger partial charge in [-0.05, 0) is 11.5 Å². The molecule has 23 heteroatoms. The van der Waals surface area contributed by atoms with Crippen LogP contribution in [0.5, 0.6) is 0 Å². The van der Waals surface area contributed by atoms with Crippen molar-refractivity contribution in [3.05, 3.63) is 194 Å². The van der Waals surface area contributed by atoms with Gasteiger partial charge in [0, 0.05) is 11.6 Å². The molecule has 0 bridgehead atoms. The average molecular weight is 948 g/mol. The van der Waals surface area contributed by atoms with Crippen molar-refractivity contribution in [3.63, 3.8) is 0 Å². The Kier molecular flexibility index (Phi) is 13.0. The highest BCUT2D eigenvalue weighted by Crippen LogP contribution is 2.31. The molecular weight excluding hydrogens is 933 g/mol. The molecule has 6 aromatic carbocycles. The Morgan fingerprint density at radius 3 is 0.938 bits per heavy atom. The first-order valence-corrected chi connectivity index (χ1v) is 17.9. The Bertz CT molecular complexity index is 2640. The minimum atomic E-state index is -7.22. The molecule has 0 aliphatic heterocycles. The highest BCUT2D eigenvalue weighted by atomic mass is 35.5. The summed E-state index contributed by atoms with van der Waals surface area (Å²) in [5.41, 5.74) is -11.9. The van der Waals surface area contributed by atoms with Crippen LogP contribution in [-0.2, 0) is 12.4 Å². The third-order valence-corrected chi connectivity index (χ3v) is 10.3. The summed E-state index contributed by atoms with van der Waals surface area (Å²) in [6.45, 7) is 0.855. The molecule has 0 amide bonds. The van der Waals surface area contributed by atoms with Gasteiger partial charge in [0.2, 0.25) is 5.69 Å². The molecule has 1 nitrogen and oxygen atoms in total. The van der Waals surface area contributed by atoms with E-state index in [1.54, 1.807) is 0 Å². The number of pyridine rings is 1. The van der Waals surface area contributed by atoms with Gasteiger partial charge in [0.25, 0.3) is 0 Å². The second-order valence-electron chi connectivity index (χ2n) is 13.4. The summed E-state index contributed by atoms with van der Waals surface area (Å²) >= 11 is 6.16. The fourth-order valence-corrected chi connectivity index (χ4v) is 7.57. The number of hydrogen-bond donors (Lipinski definition) is 0. The second kappa shape index (κ2) is 17.7. The number of nitrogens with zero attached hydrogens (tertiary/aromatic N) is 1. The Balaban J connectivity index is 0.000000295. The number of hydrogen-bond acceptors (Lipinski definition) is 0. The Morgan fingerprint density at radius 1 is 0.344 bits per heavy atom. The first kappa shape index (κ1) is 47.2. The van der Waals surface area contributed by atoms with Gasteiger partial charge in [-0.25, -0.2) is 87.8 Å². The van der Waals surface area contributed by atoms with Gasteiger partial charge in [-0.15, -0.1) is 33.5 Å². The molecule has 1 aromatic heterocycles. The monoisotopic (exact) mass is 947 g/mol. The Hall–Kier alpha value is -6.32. The van der Waals surface area contributed by atoms with Crippen LogP contribution in [0, 0.1) is 116 Å². The first-order chi connectivity index (χ1) is 30.1. The molecule has 0 spiro atoms. The molecule has 0 fully saturated rings. The van der Waals surface area contributed by atoms with Gasteiger partial charge in [0.15, 0.2) is 82.5 Å². The molecule has 0 saturated heterocycles. The summed E-state index contributed by atoms with van der Waals surface area (Å²) < 4.78 is 296. The van der Waals surface area contributed by atoms with E-state index in [-0.39, 0.29) is 0 Å². The van der Waals surface area contributed by atoms with E-state index < -0.39 is 144 Å². The smallest absolute Gasteiger partial charge is 0.204 e. The number of rotatable bonds is 7. The SMILES string of the molecule is ClCc1c2ccccc2cc[n+]1Cc1ccccc1.Fc1c(F)c(F)c([B-](c2c(F)c(F)c(F)c(F)c2F)(c2c(F)c(F)c(F)c(F)c2F)c2c(F)c(F)c(F)c(F)c2F)c(F)c1F. The summed E-state index contributed by atoms with van der Waals surface area (Å²) in [5, 5.41) is 2.47. The van der Waals surface area contributed by atoms with Crippen LogP contribution < -0.4 is 26.4 Å². The molecule has 334 valence electrons. The largest absolute Gasteiger partial charge is 0.207 e. The first-order valence-electron chi connectivity index (χ1n) is 17.3. The van der Waals surface area contributed by atoms with Crippen LogP contribution in [0.4, 0.5) is 87.8 Å². The molecule has 0 aliphatic rings. The highest BCUT2D eigenvalue weighted by molar-refractivity contribution is 7.20. The van der Waals surface area contributed by atoms with E-state index in [2.05, 4.69) is 65.4 Å². The zero-order valence-corrected chi connectivity index (χ0v) is 31.5. The van der Waals surface area contributed by atoms with E-state index in [0.717, 1.165) is 6.54 Å². The third-order valence-electron chi connectivity index (χ3n) is 10.1. The summed E-state index contributed by atoms with van der Waals surface area (Å²) in [5.74, 6) is -70.9. The molecule has 0 saturated carbocycles. The lowest BCUT2D eigenvalue weighted by Crippen LogP contribution is -2.81. The number of fused-ring (bicyclic) bond motifs is 1. The van der Waals surface area contributed by atoms with Crippen LogP contribution in [0.1, 0.15) is 11.3 Å². The standard InChI is InChI=1S/C24BF20.C17H15ClN/c26-5-1(6(27)14(35)21(42)13(5)34)25(2-7(28)15(36)22(43)16(37)8(2)29,3-9(30)17(38)23(44)18(39)10(3)31)4-11(32)19(40)24(45)20(41)12(4)33;18-12-17-16-9-5-4-8-15(16)10-11-19(17)13-14-6-2-1-3-7-14/h;1-11H,12-13H2/q-1;+1. The van der Waals surface area contributed by atoms with E-state index in [1.807, 2.05) is 6.07 Å². The maximum atomic E-state index is 15.4. The van der Waals surface area contributed by atoms with Crippen molar-refractivity contribution < 1.29 is 92.4 Å². The lowest BCUT2D eigenvalue weighted by atomic mass is 9.12. The van der Waals surface area contributed by atoms with Crippen molar-refractivity contribution in [3.8, 4) is 0 Å². The van der Waals surface area contributed by atoms with E-state index in [4.69, 9.17) is 11.6 Å². The number of alkyl halides is 1. The Labute approximate surface area is 349 Å². The lowest BCUT2D eigenvalue weighted by molar-refractivity contribution is -0.693. The van der Waals surface area contributed by atoms with Gasteiger partial charge in [0.1, 0.15) is 58.6 Å². The third kappa shape index (κ3) is 7.24. The van der Waals surface area contributed by atoms with Crippen LogP contribution in [0.2, 0.25) is 0 Å². The summed E-state index contributed by atoms with van der Waals surface area (Å²) in [6.07, 6.45) is -5.10. The van der Waals surface area contributed by atoms with Gasteiger partial charge in [-0.1, -0.05) is 48.5 Å². The van der Waals surface area contributed by atoms with E-state index >= 15 is 35.1 Å². The second-order valence-corrected chi connectivity index (χ2v) is 13.7. The van der Waals surface area contributed by atoms with Crippen LogP contribution in [0.15, 0.2) is 66.9 Å². The number of aromatic nitrogens is 1. The van der Waals surface area contributed by atoms with Gasteiger partial charge in [0.05, 0.1) is 5.39 Å². The maximum absolute atomic E-state index is 15.4. The van der Waals surface area contributed by atoms with Crippen molar-refractivity contribution in [2.75, 3.05) is 0 Å². The summed E-state index contributed by atoms with van der Waals surface area (Å²) in [7, 11) is 0. The average Bonchev–Trinajstić information content (AvgIpc) is 3.29. The van der Waals surface area contributed by atoms with Crippen molar-refractivity contribution in [1.82, 2.24) is 0 Å². The van der Waals surface area contributed by atoms with Gasteiger partial charge in [-0.2, -0.15) is 4.57 Å². The van der Waals surface area contributed by atoms with E-state index in [1.165, 1.54) is 22.0 Å². The predicted octanol–water partition coefficient (Wildman–Crippen LogP) is 9.76. The predicted molar refractivity (Wildman–Crippen MR) is 188 cm³/mol. The molecule has 0 N–H and O–H groups in total. The maximum Gasteiger partial charge on any atom is 0.204 e. The topological polar surface area (TPSA) is 3.88 Å². The van der Waals surface area contributed by atoms with Crippen LogP contribution >= 0.6 is 11.6 Å². The van der Waals surface area contributed by atoms with Crippen LogP contribution in [-0.4, -0.2) is 6.15 Å². The molecule has 7 aromatic rings. The minimum absolute atomic E-state index is 0.522. The van der Waals surface area contributed by atoms with Crippen molar-refractivity contribution in [1.29, 1.82) is 0 Å². The molecule has 0 unspecified atom stereocenters. The molecule has 64 heavy (non-hydrogen) atoms. The molecule has 0 aliphatic carbocycles. The molecule has 0 atom stereocenters. The zero-order chi connectivity index (χ0) is 47.4. The minimum Gasteiger partial charge on any atom is -0.207 e. The van der Waals surface area contributed by atoms with Gasteiger partial charge in [-0.3, -0.25) is 0 Å². The highest BCUT2D eigenvalue weighted by Gasteiger charge is 2.52. The molecule has 0 radical (unpaired) electrons. The number of halogens is 21.